The zero-order valence-corrected chi connectivity index (χ0v) is 20.0. The van der Waals surface area contributed by atoms with E-state index in [1.165, 1.54) is 0 Å². The molecular formula is C27H28N4O5. The first-order chi connectivity index (χ1) is 17.5. The number of ether oxygens (including phenoxy) is 2. The average molecular weight is 489 g/mol. The number of anilines is 3. The molecule has 9 heteroatoms. The van der Waals surface area contributed by atoms with Gasteiger partial charge in [-0.2, -0.15) is 0 Å². The molecule has 2 amide bonds. The van der Waals surface area contributed by atoms with E-state index in [1.807, 2.05) is 42.5 Å². The topological polar surface area (TPSA) is 110 Å². The molecule has 0 atom stereocenters. The molecule has 2 aromatic carbocycles. The van der Waals surface area contributed by atoms with Crippen LogP contribution in [-0.4, -0.2) is 54.5 Å². The molecule has 1 aromatic heterocycles. The Morgan fingerprint density at radius 3 is 2.44 bits per heavy atom. The number of nitrogens with zero attached hydrogens (tertiary/aromatic N) is 2. The third-order valence-electron chi connectivity index (χ3n) is 5.97. The average Bonchev–Trinajstić information content (AvgIpc) is 2.92. The van der Waals surface area contributed by atoms with E-state index >= 15 is 0 Å². The van der Waals surface area contributed by atoms with Gasteiger partial charge in [0.05, 0.1) is 12.8 Å². The molecule has 36 heavy (non-hydrogen) atoms. The number of likely N-dealkylation sites (tertiary alicyclic amines) is 1. The molecule has 0 aliphatic carbocycles. The van der Waals surface area contributed by atoms with Gasteiger partial charge in [0.2, 0.25) is 5.91 Å². The molecule has 4 rings (SSSR count). The van der Waals surface area contributed by atoms with Crippen molar-refractivity contribution in [2.75, 3.05) is 37.4 Å². The van der Waals surface area contributed by atoms with Crippen molar-refractivity contribution in [3.8, 4) is 5.75 Å². The number of hydrogen-bond donors (Lipinski definition) is 2. The number of aromatic nitrogens is 1. The van der Waals surface area contributed by atoms with Gasteiger partial charge in [-0.05, 0) is 49.2 Å². The predicted octanol–water partition coefficient (Wildman–Crippen LogP) is 3.87. The molecule has 1 aliphatic rings. The highest BCUT2D eigenvalue weighted by Gasteiger charge is 2.28. The van der Waals surface area contributed by atoms with Crippen LogP contribution in [0.3, 0.4) is 0 Å². The SMILES string of the molecule is COc1ccccc1Nc1ncccc1C(=O)OCC(=O)N1CCC(C(=O)Nc2ccccc2)CC1. The van der Waals surface area contributed by atoms with E-state index < -0.39 is 5.97 Å². The van der Waals surface area contributed by atoms with E-state index in [0.717, 1.165) is 5.69 Å². The van der Waals surface area contributed by atoms with Crippen LogP contribution in [0.5, 0.6) is 5.75 Å². The molecule has 186 valence electrons. The summed E-state index contributed by atoms with van der Waals surface area (Å²) >= 11 is 0. The van der Waals surface area contributed by atoms with Gasteiger partial charge >= 0.3 is 5.97 Å². The highest BCUT2D eigenvalue weighted by molar-refractivity contribution is 5.97. The van der Waals surface area contributed by atoms with Crippen LogP contribution in [-0.2, 0) is 14.3 Å². The van der Waals surface area contributed by atoms with Gasteiger partial charge in [0, 0.05) is 30.9 Å². The van der Waals surface area contributed by atoms with Crippen molar-refractivity contribution < 1.29 is 23.9 Å². The van der Waals surface area contributed by atoms with Crippen molar-refractivity contribution in [1.82, 2.24) is 9.88 Å². The van der Waals surface area contributed by atoms with Crippen molar-refractivity contribution in [2.24, 2.45) is 5.92 Å². The minimum atomic E-state index is -0.661. The number of nitrogens with one attached hydrogen (secondary N) is 2. The van der Waals surface area contributed by atoms with Crippen LogP contribution in [0.25, 0.3) is 0 Å². The van der Waals surface area contributed by atoms with E-state index in [2.05, 4.69) is 15.6 Å². The molecule has 0 bridgehead atoms. The molecule has 0 spiro atoms. The van der Waals surface area contributed by atoms with Gasteiger partial charge in [0.1, 0.15) is 17.1 Å². The Morgan fingerprint density at radius 2 is 1.69 bits per heavy atom. The summed E-state index contributed by atoms with van der Waals surface area (Å²) in [6.07, 6.45) is 2.65. The fraction of sp³-hybridized carbons (Fsp3) is 0.259. The van der Waals surface area contributed by atoms with Crippen molar-refractivity contribution in [3.05, 3.63) is 78.5 Å². The number of pyridine rings is 1. The third kappa shape index (κ3) is 6.18. The summed E-state index contributed by atoms with van der Waals surface area (Å²) in [5, 5.41) is 6.00. The van der Waals surface area contributed by atoms with Gasteiger partial charge in [0.25, 0.3) is 5.91 Å². The summed E-state index contributed by atoms with van der Waals surface area (Å²) < 4.78 is 10.6. The molecule has 9 nitrogen and oxygen atoms in total. The lowest BCUT2D eigenvalue weighted by Crippen LogP contribution is -2.43. The van der Waals surface area contributed by atoms with Crippen LogP contribution in [0, 0.1) is 5.92 Å². The largest absolute Gasteiger partial charge is 0.495 e. The smallest absolute Gasteiger partial charge is 0.342 e. The number of amides is 2. The maximum atomic E-state index is 12.8. The fourth-order valence-corrected chi connectivity index (χ4v) is 4.00. The molecule has 0 radical (unpaired) electrons. The Kier molecular flexibility index (Phi) is 8.12. The van der Waals surface area contributed by atoms with Gasteiger partial charge in [-0.1, -0.05) is 30.3 Å². The first-order valence-electron chi connectivity index (χ1n) is 11.7. The first-order valence-corrected chi connectivity index (χ1v) is 11.7. The molecule has 3 aromatic rings. The third-order valence-corrected chi connectivity index (χ3v) is 5.97. The molecule has 1 fully saturated rings. The molecule has 2 N–H and O–H groups in total. The molecular weight excluding hydrogens is 460 g/mol. The van der Waals surface area contributed by atoms with Gasteiger partial charge in [-0.3, -0.25) is 9.59 Å². The van der Waals surface area contributed by atoms with Crippen molar-refractivity contribution in [3.63, 3.8) is 0 Å². The second kappa shape index (κ2) is 11.8. The maximum Gasteiger partial charge on any atom is 0.342 e. The summed E-state index contributed by atoms with van der Waals surface area (Å²) in [6.45, 7) is 0.468. The number of piperidine rings is 1. The molecule has 1 aliphatic heterocycles. The zero-order valence-electron chi connectivity index (χ0n) is 20.0. The monoisotopic (exact) mass is 488 g/mol. The van der Waals surface area contributed by atoms with Crippen LogP contribution >= 0.6 is 0 Å². The Balaban J connectivity index is 1.28. The number of hydrogen-bond acceptors (Lipinski definition) is 7. The standard InChI is InChI=1S/C27H28N4O5/c1-35-23-12-6-5-11-22(23)30-25-21(10-7-15-28-25)27(34)36-18-24(32)31-16-13-19(14-17-31)26(33)29-20-8-3-2-4-9-20/h2-12,15,19H,13-14,16-18H2,1H3,(H,28,30)(H,29,33). The quantitative estimate of drug-likeness (QED) is 0.463. The number of carbonyl (C=O) groups excluding carboxylic acids is 3. The number of carbonyl (C=O) groups is 3. The van der Waals surface area contributed by atoms with Crippen LogP contribution in [0.1, 0.15) is 23.2 Å². The zero-order chi connectivity index (χ0) is 25.3. The van der Waals surface area contributed by atoms with Crippen LogP contribution < -0.4 is 15.4 Å². The van der Waals surface area contributed by atoms with Crippen molar-refractivity contribution in [2.45, 2.75) is 12.8 Å². The summed E-state index contributed by atoms with van der Waals surface area (Å²) in [5.41, 5.74) is 1.60. The van der Waals surface area contributed by atoms with Crippen LogP contribution in [0.15, 0.2) is 72.9 Å². The van der Waals surface area contributed by atoms with E-state index in [9.17, 15) is 14.4 Å². The van der Waals surface area contributed by atoms with Crippen molar-refractivity contribution >= 4 is 35.0 Å². The molecule has 0 saturated carbocycles. The number of benzene rings is 2. The van der Waals surface area contributed by atoms with Gasteiger partial charge in [0.15, 0.2) is 6.61 Å². The molecule has 1 saturated heterocycles. The van der Waals surface area contributed by atoms with E-state index in [0.29, 0.717) is 43.2 Å². The first kappa shape index (κ1) is 24.7. The van der Waals surface area contributed by atoms with Gasteiger partial charge in [-0.15, -0.1) is 0 Å². The minimum Gasteiger partial charge on any atom is -0.495 e. The Bertz CT molecular complexity index is 1210. The summed E-state index contributed by atoms with van der Waals surface area (Å²) in [4.78, 5) is 43.8. The Morgan fingerprint density at radius 1 is 0.972 bits per heavy atom. The minimum absolute atomic E-state index is 0.0496. The predicted molar refractivity (Wildman–Crippen MR) is 135 cm³/mol. The lowest BCUT2D eigenvalue weighted by molar-refractivity contribution is -0.137. The van der Waals surface area contributed by atoms with E-state index in [4.69, 9.17) is 9.47 Å². The number of rotatable bonds is 8. The van der Waals surface area contributed by atoms with Crippen molar-refractivity contribution in [1.29, 1.82) is 0 Å². The van der Waals surface area contributed by atoms with E-state index in [-0.39, 0.29) is 29.9 Å². The normalized spacial score (nSPS) is 13.5. The summed E-state index contributed by atoms with van der Waals surface area (Å²) in [5.74, 6) is -0.287. The summed E-state index contributed by atoms with van der Waals surface area (Å²) in [6, 6.07) is 19.7. The molecule has 0 unspecified atom stereocenters. The van der Waals surface area contributed by atoms with Gasteiger partial charge in [-0.25, -0.2) is 9.78 Å². The second-order valence-electron chi connectivity index (χ2n) is 8.31. The van der Waals surface area contributed by atoms with Crippen LogP contribution in [0.2, 0.25) is 0 Å². The summed E-state index contributed by atoms with van der Waals surface area (Å²) in [7, 11) is 1.55. The lowest BCUT2D eigenvalue weighted by Gasteiger charge is -2.31. The second-order valence-corrected chi connectivity index (χ2v) is 8.31. The lowest BCUT2D eigenvalue weighted by atomic mass is 9.95. The molecule has 2 heterocycles. The highest BCUT2D eigenvalue weighted by atomic mass is 16.5. The van der Waals surface area contributed by atoms with Crippen LogP contribution in [0.4, 0.5) is 17.2 Å². The fourth-order valence-electron chi connectivity index (χ4n) is 4.00. The maximum absolute atomic E-state index is 12.8. The number of para-hydroxylation sites is 3. The number of methoxy groups -OCH3 is 1. The Hall–Kier alpha value is -4.40. The Labute approximate surface area is 209 Å². The number of esters is 1. The van der Waals surface area contributed by atoms with E-state index in [1.54, 1.807) is 42.5 Å². The highest BCUT2D eigenvalue weighted by Crippen LogP contribution is 2.28. The van der Waals surface area contributed by atoms with Gasteiger partial charge < -0.3 is 25.0 Å².